The highest BCUT2D eigenvalue weighted by Crippen LogP contribution is 2.30. The molecule has 0 fully saturated rings. The zero-order valence-corrected chi connectivity index (χ0v) is 15.8. The lowest BCUT2D eigenvalue weighted by molar-refractivity contribution is 0.405. The number of rotatable bonds is 5. The lowest BCUT2D eigenvalue weighted by Gasteiger charge is -2.25. The van der Waals surface area contributed by atoms with Crippen LogP contribution in [0.15, 0.2) is 40.2 Å². The van der Waals surface area contributed by atoms with Gasteiger partial charge in [-0.05, 0) is 72.3 Å². The molecular weight excluding hydrogens is 366 g/mol. The Labute approximate surface area is 144 Å². The third kappa shape index (κ3) is 5.41. The fourth-order valence-electron chi connectivity index (χ4n) is 2.19. The molecule has 1 heterocycles. The molecule has 0 saturated carbocycles. The Bertz CT molecular complexity index is 588. The molecule has 0 saturated heterocycles. The molecule has 0 aliphatic carbocycles. The Kier molecular flexibility index (Phi) is 5.89. The van der Waals surface area contributed by atoms with Crippen LogP contribution in [0.2, 0.25) is 5.02 Å². The van der Waals surface area contributed by atoms with Crippen LogP contribution in [0.25, 0.3) is 0 Å². The zero-order valence-electron chi connectivity index (χ0n) is 12.6. The molecule has 1 aromatic heterocycles. The number of hydrogen-bond acceptors (Lipinski definition) is 2. The highest BCUT2D eigenvalue weighted by molar-refractivity contribution is 9.10. The smallest absolute Gasteiger partial charge is 0.0408 e. The van der Waals surface area contributed by atoms with Gasteiger partial charge in [0.25, 0.3) is 0 Å². The van der Waals surface area contributed by atoms with Crippen LogP contribution < -0.4 is 5.32 Å². The molecule has 0 bridgehead atoms. The number of benzene rings is 1. The van der Waals surface area contributed by atoms with E-state index in [-0.39, 0.29) is 5.54 Å². The van der Waals surface area contributed by atoms with Crippen molar-refractivity contribution in [2.24, 2.45) is 0 Å². The predicted octanol–water partition coefficient (Wildman–Crippen LogP) is 5.88. The van der Waals surface area contributed by atoms with Gasteiger partial charge in [-0.2, -0.15) is 0 Å². The highest BCUT2D eigenvalue weighted by atomic mass is 79.9. The number of nitrogens with one attached hydrogen (secondary N) is 1. The summed E-state index contributed by atoms with van der Waals surface area (Å²) >= 11 is 11.6. The summed E-state index contributed by atoms with van der Waals surface area (Å²) in [7, 11) is 0. The summed E-state index contributed by atoms with van der Waals surface area (Å²) in [6, 6.07) is 10.3. The quantitative estimate of drug-likeness (QED) is 0.676. The third-order valence-corrected chi connectivity index (χ3v) is 5.51. The Morgan fingerprint density at radius 1 is 1.29 bits per heavy atom. The minimum Gasteiger partial charge on any atom is -0.311 e. The van der Waals surface area contributed by atoms with Crippen molar-refractivity contribution in [2.75, 3.05) is 6.54 Å². The predicted molar refractivity (Wildman–Crippen MR) is 97.7 cm³/mol. The van der Waals surface area contributed by atoms with Crippen molar-refractivity contribution in [3.8, 4) is 0 Å². The summed E-state index contributed by atoms with van der Waals surface area (Å²) in [5.41, 5.74) is 1.41. The summed E-state index contributed by atoms with van der Waals surface area (Å²) < 4.78 is 1.20. The lowest BCUT2D eigenvalue weighted by Crippen LogP contribution is -2.39. The van der Waals surface area contributed by atoms with E-state index in [1.165, 1.54) is 14.9 Å². The molecule has 0 aliphatic heterocycles. The van der Waals surface area contributed by atoms with E-state index in [0.717, 1.165) is 18.0 Å². The first-order valence-corrected chi connectivity index (χ1v) is 9.12. The van der Waals surface area contributed by atoms with Gasteiger partial charge in [0, 0.05) is 32.4 Å². The van der Waals surface area contributed by atoms with Gasteiger partial charge in [-0.3, -0.25) is 0 Å². The topological polar surface area (TPSA) is 12.0 Å². The van der Waals surface area contributed by atoms with Crippen LogP contribution >= 0.6 is 38.9 Å². The van der Waals surface area contributed by atoms with Gasteiger partial charge in [0.15, 0.2) is 0 Å². The van der Waals surface area contributed by atoms with Crippen molar-refractivity contribution in [1.82, 2.24) is 5.32 Å². The summed E-state index contributed by atoms with van der Waals surface area (Å²) in [4.78, 5) is 1.38. The van der Waals surface area contributed by atoms with Crippen LogP contribution in [0, 0.1) is 0 Å². The maximum absolute atomic E-state index is 6.17. The van der Waals surface area contributed by atoms with E-state index in [0.29, 0.717) is 5.92 Å². The average molecular weight is 387 g/mol. The third-order valence-electron chi connectivity index (χ3n) is 3.32. The highest BCUT2D eigenvalue weighted by Gasteiger charge is 2.18. The molecule has 4 heteroatoms. The Balaban J connectivity index is 2.19. The van der Waals surface area contributed by atoms with E-state index < -0.39 is 0 Å². The fourth-order valence-corrected chi connectivity index (χ4v) is 3.99. The van der Waals surface area contributed by atoms with Crippen LogP contribution in [0.1, 0.15) is 37.1 Å². The molecular formula is C17H21BrClNS. The monoisotopic (exact) mass is 385 g/mol. The molecule has 2 aromatic rings. The van der Waals surface area contributed by atoms with Crippen molar-refractivity contribution >= 4 is 38.9 Å². The van der Waals surface area contributed by atoms with E-state index in [2.05, 4.69) is 65.6 Å². The lowest BCUT2D eigenvalue weighted by atomic mass is 9.94. The molecule has 2 rings (SSSR count). The first kappa shape index (κ1) is 17.0. The van der Waals surface area contributed by atoms with Crippen molar-refractivity contribution < 1.29 is 0 Å². The average Bonchev–Trinajstić information content (AvgIpc) is 2.79. The molecule has 1 atom stereocenters. The van der Waals surface area contributed by atoms with Gasteiger partial charge in [-0.15, -0.1) is 11.3 Å². The Morgan fingerprint density at radius 2 is 2.05 bits per heavy atom. The van der Waals surface area contributed by atoms with Crippen LogP contribution in [-0.2, 0) is 6.42 Å². The molecule has 0 radical (unpaired) electrons. The maximum atomic E-state index is 6.17. The van der Waals surface area contributed by atoms with Gasteiger partial charge < -0.3 is 5.32 Å². The Hall–Kier alpha value is -0.350. The van der Waals surface area contributed by atoms with E-state index in [9.17, 15) is 0 Å². The summed E-state index contributed by atoms with van der Waals surface area (Å²) in [6.07, 6.45) is 1.02. The van der Waals surface area contributed by atoms with Gasteiger partial charge in [-0.25, -0.2) is 0 Å². The zero-order chi connectivity index (χ0) is 15.5. The second-order valence-corrected chi connectivity index (χ2v) is 8.57. The summed E-state index contributed by atoms with van der Waals surface area (Å²) in [5.74, 6) is 0.415. The molecule has 21 heavy (non-hydrogen) atoms. The molecule has 1 N–H and O–H groups in total. The van der Waals surface area contributed by atoms with Gasteiger partial charge in [0.05, 0.1) is 0 Å². The minimum atomic E-state index is 0.115. The summed E-state index contributed by atoms with van der Waals surface area (Å²) in [6.45, 7) is 7.53. The largest absolute Gasteiger partial charge is 0.311 e. The van der Waals surface area contributed by atoms with E-state index >= 15 is 0 Å². The van der Waals surface area contributed by atoms with E-state index in [1.807, 2.05) is 12.1 Å². The van der Waals surface area contributed by atoms with Crippen LogP contribution in [0.5, 0.6) is 0 Å². The van der Waals surface area contributed by atoms with Crippen molar-refractivity contribution in [3.63, 3.8) is 0 Å². The summed E-state index contributed by atoms with van der Waals surface area (Å²) in [5, 5.41) is 6.55. The first-order valence-electron chi connectivity index (χ1n) is 7.07. The second-order valence-electron chi connectivity index (χ2n) is 6.28. The number of halogens is 2. The maximum Gasteiger partial charge on any atom is 0.0408 e. The standard InChI is InChI=1S/C17H21BrClNS/c1-17(2,3)20-11-13(10-16-15(18)7-8-21-16)12-5-4-6-14(19)9-12/h4-9,13,20H,10-11H2,1-3H3. The van der Waals surface area contributed by atoms with Crippen molar-refractivity contribution in [1.29, 1.82) is 0 Å². The van der Waals surface area contributed by atoms with Crippen LogP contribution in [0.4, 0.5) is 0 Å². The normalized spacial score (nSPS) is 13.4. The molecule has 1 unspecified atom stereocenters. The van der Waals surface area contributed by atoms with Crippen molar-refractivity contribution in [3.05, 3.63) is 55.6 Å². The van der Waals surface area contributed by atoms with Crippen LogP contribution in [0.3, 0.4) is 0 Å². The van der Waals surface area contributed by atoms with Gasteiger partial charge in [-0.1, -0.05) is 23.7 Å². The minimum absolute atomic E-state index is 0.115. The SMILES string of the molecule is CC(C)(C)NCC(Cc1sccc1Br)c1cccc(Cl)c1. The fraction of sp³-hybridized carbons (Fsp3) is 0.412. The van der Waals surface area contributed by atoms with Crippen molar-refractivity contribution in [2.45, 2.75) is 38.6 Å². The first-order chi connectivity index (χ1) is 9.85. The van der Waals surface area contributed by atoms with E-state index in [1.54, 1.807) is 11.3 Å². The molecule has 0 aliphatic rings. The van der Waals surface area contributed by atoms with Gasteiger partial charge >= 0.3 is 0 Å². The molecule has 114 valence electrons. The Morgan fingerprint density at radius 3 is 2.62 bits per heavy atom. The number of thiophene rings is 1. The molecule has 0 amide bonds. The van der Waals surface area contributed by atoms with Crippen LogP contribution in [-0.4, -0.2) is 12.1 Å². The molecule has 1 nitrogen and oxygen atoms in total. The van der Waals surface area contributed by atoms with E-state index in [4.69, 9.17) is 11.6 Å². The van der Waals surface area contributed by atoms with Gasteiger partial charge in [0.1, 0.15) is 0 Å². The second kappa shape index (κ2) is 7.28. The van der Waals surface area contributed by atoms with Gasteiger partial charge in [0.2, 0.25) is 0 Å². The molecule has 0 spiro atoms. The number of hydrogen-bond donors (Lipinski definition) is 1. The molecule has 1 aromatic carbocycles.